The molecule has 1 aromatic heterocycles. The van der Waals surface area contributed by atoms with Crippen LogP contribution in [0.1, 0.15) is 58.7 Å². The molecule has 2 heterocycles. The molecule has 1 aliphatic carbocycles. The van der Waals surface area contributed by atoms with Crippen LogP contribution in [0.4, 0.5) is 4.79 Å². The lowest BCUT2D eigenvalue weighted by atomic mass is 10.1. The largest absolute Gasteiger partial charge is 0.444 e. The molecule has 0 bridgehead atoms. The van der Waals surface area contributed by atoms with Crippen molar-refractivity contribution in [2.75, 3.05) is 32.8 Å². The van der Waals surface area contributed by atoms with Gasteiger partial charge in [0.15, 0.2) is 6.10 Å². The van der Waals surface area contributed by atoms with Gasteiger partial charge in [0.1, 0.15) is 12.2 Å². The summed E-state index contributed by atoms with van der Waals surface area (Å²) in [7, 11) is 0. The van der Waals surface area contributed by atoms with Crippen molar-refractivity contribution in [1.82, 2.24) is 24.9 Å². The fraction of sp³-hybridized carbons (Fsp3) is 0.630. The van der Waals surface area contributed by atoms with Gasteiger partial charge in [0.05, 0.1) is 30.4 Å². The van der Waals surface area contributed by atoms with E-state index in [4.69, 9.17) is 19.7 Å². The van der Waals surface area contributed by atoms with E-state index in [1.807, 2.05) is 61.5 Å². The molecule has 0 spiro atoms. The van der Waals surface area contributed by atoms with Crippen molar-refractivity contribution in [3.05, 3.63) is 30.0 Å². The minimum Gasteiger partial charge on any atom is -0.444 e. The molecule has 2 atom stereocenters. The van der Waals surface area contributed by atoms with Crippen molar-refractivity contribution in [3.63, 3.8) is 0 Å². The molecule has 1 aromatic carbocycles. The van der Waals surface area contributed by atoms with E-state index in [1.165, 1.54) is 0 Å². The van der Waals surface area contributed by atoms with Gasteiger partial charge in [0.25, 0.3) is 5.91 Å². The van der Waals surface area contributed by atoms with E-state index in [2.05, 4.69) is 5.32 Å². The molecule has 2 aliphatic rings. The number of carbonyl (C=O) groups excluding carboxylic acids is 3. The Labute approximate surface area is 223 Å². The Hall–Kier alpha value is -3.18. The number of amides is 3. The highest BCUT2D eigenvalue weighted by molar-refractivity contribution is 5.86. The molecule has 0 radical (unpaired) electrons. The summed E-state index contributed by atoms with van der Waals surface area (Å²) in [4.78, 5) is 41.2. The van der Waals surface area contributed by atoms with Crippen molar-refractivity contribution < 1.29 is 29.0 Å². The Kier molecular flexibility index (Phi) is 8.57. The van der Waals surface area contributed by atoms with Crippen LogP contribution in [-0.2, 0) is 25.6 Å². The fourth-order valence-electron chi connectivity index (χ4n) is 4.77. The number of nitrogens with zero attached hydrogens (tertiary/aromatic N) is 4. The maximum Gasteiger partial charge on any atom is 0.410 e. The number of hydrogen-bond donors (Lipinski definition) is 2. The number of aliphatic hydroxyl groups excluding tert-OH is 1. The first-order valence-electron chi connectivity index (χ1n) is 13.3. The average molecular weight is 530 g/mol. The quantitative estimate of drug-likeness (QED) is 0.477. The number of aryl methyl sites for hydroxylation is 1. The predicted molar refractivity (Wildman–Crippen MR) is 140 cm³/mol. The van der Waals surface area contributed by atoms with Crippen LogP contribution >= 0.6 is 0 Å². The number of aliphatic hydroxyl groups is 1. The highest BCUT2D eigenvalue weighted by atomic mass is 16.6. The number of hydrogen-bond acceptors (Lipinski definition) is 7. The van der Waals surface area contributed by atoms with Crippen molar-refractivity contribution in [3.8, 4) is 0 Å². The van der Waals surface area contributed by atoms with Gasteiger partial charge in [0.2, 0.25) is 5.91 Å². The van der Waals surface area contributed by atoms with Gasteiger partial charge in [0, 0.05) is 31.1 Å². The number of rotatable bonds is 9. The van der Waals surface area contributed by atoms with Gasteiger partial charge >= 0.3 is 6.09 Å². The van der Waals surface area contributed by atoms with E-state index >= 15 is 0 Å². The van der Waals surface area contributed by atoms with Crippen LogP contribution in [-0.4, -0.2) is 93.2 Å². The molecular weight excluding hydrogens is 490 g/mol. The lowest BCUT2D eigenvalue weighted by molar-refractivity contribution is -0.152. The van der Waals surface area contributed by atoms with E-state index in [9.17, 15) is 14.4 Å². The number of ether oxygens (including phenoxy) is 2. The molecule has 2 N–H and O–H groups in total. The zero-order chi connectivity index (χ0) is 27.4. The fourth-order valence-corrected chi connectivity index (χ4v) is 4.77. The summed E-state index contributed by atoms with van der Waals surface area (Å²) in [5.74, 6) is -0.544. The van der Waals surface area contributed by atoms with Crippen LogP contribution in [0.25, 0.3) is 10.9 Å². The second kappa shape index (κ2) is 11.7. The summed E-state index contributed by atoms with van der Waals surface area (Å²) in [5, 5.41) is 17.4. The van der Waals surface area contributed by atoms with Gasteiger partial charge in [-0.25, -0.2) is 4.79 Å². The Morgan fingerprint density at radius 1 is 1.26 bits per heavy atom. The second-order valence-corrected chi connectivity index (χ2v) is 10.9. The summed E-state index contributed by atoms with van der Waals surface area (Å²) in [6.07, 6.45) is 1.28. The number of aromatic nitrogens is 2. The number of carbonyl (C=O) groups is 3. The first kappa shape index (κ1) is 27.8. The zero-order valence-electron chi connectivity index (χ0n) is 22.7. The van der Waals surface area contributed by atoms with Crippen LogP contribution < -0.4 is 5.32 Å². The smallest absolute Gasteiger partial charge is 0.410 e. The second-order valence-electron chi connectivity index (χ2n) is 10.9. The monoisotopic (exact) mass is 529 g/mol. The molecule has 1 saturated heterocycles. The summed E-state index contributed by atoms with van der Waals surface area (Å²) in [6, 6.07) is 7.73. The minimum atomic E-state index is -0.761. The topological polar surface area (TPSA) is 126 Å². The third kappa shape index (κ3) is 6.63. The van der Waals surface area contributed by atoms with E-state index in [0.29, 0.717) is 26.1 Å². The number of nitrogens with one attached hydrogen (secondary N) is 1. The maximum atomic E-state index is 13.8. The van der Waals surface area contributed by atoms with Crippen LogP contribution in [0.15, 0.2) is 24.3 Å². The molecule has 2 aromatic rings. The number of para-hydroxylation sites is 1. The van der Waals surface area contributed by atoms with Crippen molar-refractivity contribution in [2.45, 2.75) is 77.3 Å². The highest BCUT2D eigenvalue weighted by Gasteiger charge is 2.42. The molecule has 11 heteroatoms. The average Bonchev–Trinajstić information content (AvgIpc) is 3.65. The Morgan fingerprint density at radius 2 is 2.00 bits per heavy atom. The molecule has 4 rings (SSSR count). The zero-order valence-corrected chi connectivity index (χ0v) is 22.7. The van der Waals surface area contributed by atoms with Crippen LogP contribution in [0.2, 0.25) is 0 Å². The van der Waals surface area contributed by atoms with Crippen LogP contribution in [0.3, 0.4) is 0 Å². The van der Waals surface area contributed by atoms with Gasteiger partial charge in [-0.2, -0.15) is 5.10 Å². The normalized spacial score (nSPS) is 18.8. The maximum absolute atomic E-state index is 13.8. The Bertz CT molecular complexity index is 1150. The third-order valence-corrected chi connectivity index (χ3v) is 6.70. The Balaban J connectivity index is 1.51. The van der Waals surface area contributed by atoms with E-state index < -0.39 is 30.3 Å². The molecule has 0 unspecified atom stereocenters. The predicted octanol–water partition coefficient (Wildman–Crippen LogP) is 2.22. The summed E-state index contributed by atoms with van der Waals surface area (Å²) < 4.78 is 13.3. The SMILES string of the molecule is C[C@H](c1nn(CCCNC(=O)CO)c2ccccc12)N(C(=O)[C@H]1CN(C(=O)OC(C)(C)C)CCO1)C1CC1. The molecule has 208 valence electrons. The first-order chi connectivity index (χ1) is 18.1. The lowest BCUT2D eigenvalue weighted by Crippen LogP contribution is -2.54. The molecule has 1 saturated carbocycles. The number of fused-ring (bicyclic) bond motifs is 1. The van der Waals surface area contributed by atoms with E-state index in [0.717, 1.165) is 29.4 Å². The minimum absolute atomic E-state index is 0.107. The molecule has 11 nitrogen and oxygen atoms in total. The lowest BCUT2D eigenvalue weighted by Gasteiger charge is -2.37. The van der Waals surface area contributed by atoms with Crippen LogP contribution in [0, 0.1) is 0 Å². The van der Waals surface area contributed by atoms with Gasteiger partial charge in [-0.05, 0) is 53.0 Å². The molecule has 1 aliphatic heterocycles. The molecular formula is C27H39N5O6. The van der Waals surface area contributed by atoms with Crippen molar-refractivity contribution >= 4 is 28.8 Å². The van der Waals surface area contributed by atoms with Gasteiger partial charge < -0.3 is 29.7 Å². The number of morpholine rings is 1. The number of benzene rings is 1. The van der Waals surface area contributed by atoms with E-state index in [1.54, 1.807) is 4.90 Å². The van der Waals surface area contributed by atoms with Crippen molar-refractivity contribution in [2.24, 2.45) is 0 Å². The first-order valence-corrected chi connectivity index (χ1v) is 13.3. The molecule has 2 fully saturated rings. The summed E-state index contributed by atoms with van der Waals surface area (Å²) in [6.45, 7) is 8.72. The van der Waals surface area contributed by atoms with Gasteiger partial charge in [-0.1, -0.05) is 18.2 Å². The third-order valence-electron chi connectivity index (χ3n) is 6.70. The van der Waals surface area contributed by atoms with E-state index in [-0.39, 0.29) is 31.1 Å². The van der Waals surface area contributed by atoms with Gasteiger partial charge in [-0.15, -0.1) is 0 Å². The highest BCUT2D eigenvalue weighted by Crippen LogP contribution is 2.37. The Morgan fingerprint density at radius 3 is 2.68 bits per heavy atom. The van der Waals surface area contributed by atoms with Gasteiger partial charge in [-0.3, -0.25) is 14.3 Å². The standard InChI is InChI=1S/C27H39N5O6/c1-18(24-20-8-5-6-9-21(20)31(29-24)13-7-12-28-23(34)17-33)32(19-10-11-19)25(35)22-16-30(14-15-37-22)26(36)38-27(2,3)4/h5-6,8-9,18-19,22,33H,7,10-17H2,1-4H3,(H,28,34)/t18-,22-/m1/s1. The van der Waals surface area contributed by atoms with Crippen LogP contribution in [0.5, 0.6) is 0 Å². The van der Waals surface area contributed by atoms with Crippen molar-refractivity contribution in [1.29, 1.82) is 0 Å². The molecule has 38 heavy (non-hydrogen) atoms. The molecule has 3 amide bonds. The summed E-state index contributed by atoms with van der Waals surface area (Å²) >= 11 is 0. The summed E-state index contributed by atoms with van der Waals surface area (Å²) in [5.41, 5.74) is 1.14.